The fourth-order valence-electron chi connectivity index (χ4n) is 2.71. The molecule has 1 aliphatic heterocycles. The van der Waals surface area contributed by atoms with Gasteiger partial charge in [0.15, 0.2) is 0 Å². The van der Waals surface area contributed by atoms with Crippen molar-refractivity contribution in [2.75, 3.05) is 12.3 Å². The fraction of sp³-hybridized carbons (Fsp3) is 1.00. The summed E-state index contributed by atoms with van der Waals surface area (Å²) >= 11 is 0. The van der Waals surface area contributed by atoms with E-state index in [2.05, 4.69) is 6.92 Å². The van der Waals surface area contributed by atoms with Gasteiger partial charge in [0.2, 0.25) is 0 Å². The van der Waals surface area contributed by atoms with Crippen LogP contribution in [-0.2, 0) is 4.57 Å². The van der Waals surface area contributed by atoms with E-state index in [9.17, 15) is 4.57 Å². The Labute approximate surface area is 75.3 Å². The molecule has 1 heterocycles. The Morgan fingerprint density at radius 2 is 1.58 bits per heavy atom. The van der Waals surface area contributed by atoms with Crippen LogP contribution >= 0.6 is 7.14 Å². The Morgan fingerprint density at radius 1 is 1.00 bits per heavy atom. The van der Waals surface area contributed by atoms with Gasteiger partial charge in [0.1, 0.15) is 0 Å². The molecule has 0 atom stereocenters. The minimum Gasteiger partial charge on any atom is -0.323 e. The van der Waals surface area contributed by atoms with Crippen molar-refractivity contribution in [3.63, 3.8) is 0 Å². The minimum absolute atomic E-state index is 0.267. The van der Waals surface area contributed by atoms with Crippen molar-refractivity contribution >= 4 is 7.14 Å². The molecule has 0 N–H and O–H groups in total. The van der Waals surface area contributed by atoms with Crippen LogP contribution in [0.3, 0.4) is 0 Å². The molecular weight excluding hydrogens is 167 g/mol. The van der Waals surface area contributed by atoms with Crippen molar-refractivity contribution in [1.29, 1.82) is 0 Å². The van der Waals surface area contributed by atoms with Crippen LogP contribution in [0.4, 0.5) is 0 Å². The summed E-state index contributed by atoms with van der Waals surface area (Å²) in [5, 5.41) is 0.267. The summed E-state index contributed by atoms with van der Waals surface area (Å²) in [6, 6.07) is 0. The van der Waals surface area contributed by atoms with Crippen LogP contribution < -0.4 is 0 Å². The SMILES string of the molecule is CC1(P2(=O)CCC2)CCCCC1. The highest BCUT2D eigenvalue weighted by Crippen LogP contribution is 2.68. The lowest BCUT2D eigenvalue weighted by Crippen LogP contribution is -2.34. The first-order chi connectivity index (χ1) is 5.66. The van der Waals surface area contributed by atoms with Crippen molar-refractivity contribution in [2.45, 2.75) is 50.6 Å². The molecule has 0 unspecified atom stereocenters. The van der Waals surface area contributed by atoms with Gasteiger partial charge < -0.3 is 4.57 Å². The zero-order chi connectivity index (χ0) is 8.66. The lowest BCUT2D eigenvalue weighted by Gasteiger charge is -2.45. The average molecular weight is 186 g/mol. The molecule has 0 aromatic rings. The van der Waals surface area contributed by atoms with Gasteiger partial charge in [-0.05, 0) is 19.3 Å². The predicted molar refractivity (Wildman–Crippen MR) is 53.4 cm³/mol. The number of hydrogen-bond donors (Lipinski definition) is 0. The maximum atomic E-state index is 12.3. The highest BCUT2D eigenvalue weighted by atomic mass is 31.2. The molecule has 0 bridgehead atoms. The summed E-state index contributed by atoms with van der Waals surface area (Å²) in [7, 11) is -1.68. The van der Waals surface area contributed by atoms with Gasteiger partial charge >= 0.3 is 0 Å². The van der Waals surface area contributed by atoms with E-state index in [0.29, 0.717) is 0 Å². The second-order valence-electron chi connectivity index (χ2n) is 4.75. The molecule has 1 saturated carbocycles. The topological polar surface area (TPSA) is 17.1 Å². The monoisotopic (exact) mass is 186 g/mol. The van der Waals surface area contributed by atoms with Gasteiger partial charge in [0, 0.05) is 17.5 Å². The largest absolute Gasteiger partial charge is 0.323 e. The maximum Gasteiger partial charge on any atom is 0.0933 e. The summed E-state index contributed by atoms with van der Waals surface area (Å²) < 4.78 is 12.3. The maximum absolute atomic E-state index is 12.3. The second-order valence-corrected chi connectivity index (χ2v) is 8.50. The summed E-state index contributed by atoms with van der Waals surface area (Å²) in [6.45, 7) is 2.28. The smallest absolute Gasteiger partial charge is 0.0933 e. The minimum atomic E-state index is -1.68. The molecule has 0 spiro atoms. The molecule has 70 valence electrons. The van der Waals surface area contributed by atoms with Gasteiger partial charge in [0.05, 0.1) is 7.14 Å². The van der Waals surface area contributed by atoms with E-state index in [4.69, 9.17) is 0 Å². The Hall–Kier alpha value is 0.230. The van der Waals surface area contributed by atoms with Gasteiger partial charge in [0.25, 0.3) is 0 Å². The zero-order valence-electron chi connectivity index (χ0n) is 8.01. The van der Waals surface area contributed by atoms with Crippen molar-refractivity contribution in [1.82, 2.24) is 0 Å². The van der Waals surface area contributed by atoms with Crippen LogP contribution in [0.15, 0.2) is 0 Å². The van der Waals surface area contributed by atoms with Crippen LogP contribution in [0.25, 0.3) is 0 Å². The van der Waals surface area contributed by atoms with E-state index in [1.807, 2.05) is 0 Å². The quantitative estimate of drug-likeness (QED) is 0.573. The molecule has 0 amide bonds. The Kier molecular flexibility index (Phi) is 2.11. The van der Waals surface area contributed by atoms with Crippen molar-refractivity contribution in [3.8, 4) is 0 Å². The van der Waals surface area contributed by atoms with E-state index in [1.54, 1.807) is 0 Å². The Bertz CT molecular complexity index is 208. The highest BCUT2D eigenvalue weighted by molar-refractivity contribution is 7.67. The molecule has 2 rings (SSSR count). The van der Waals surface area contributed by atoms with Crippen molar-refractivity contribution in [2.24, 2.45) is 0 Å². The third-order valence-corrected chi connectivity index (χ3v) is 8.45. The third kappa shape index (κ3) is 1.18. The van der Waals surface area contributed by atoms with Crippen LogP contribution in [-0.4, -0.2) is 17.5 Å². The van der Waals surface area contributed by atoms with Crippen LogP contribution in [0.2, 0.25) is 0 Å². The van der Waals surface area contributed by atoms with Crippen molar-refractivity contribution in [3.05, 3.63) is 0 Å². The van der Waals surface area contributed by atoms with Gasteiger partial charge in [-0.2, -0.15) is 0 Å². The van der Waals surface area contributed by atoms with E-state index >= 15 is 0 Å². The molecule has 0 aromatic carbocycles. The molecular formula is C10H19OP. The number of rotatable bonds is 1. The number of hydrogen-bond acceptors (Lipinski definition) is 1. The van der Waals surface area contributed by atoms with Gasteiger partial charge in [-0.25, -0.2) is 0 Å². The first-order valence-electron chi connectivity index (χ1n) is 5.25. The van der Waals surface area contributed by atoms with E-state index < -0.39 is 7.14 Å². The first-order valence-corrected chi connectivity index (χ1v) is 7.32. The van der Waals surface area contributed by atoms with E-state index in [-0.39, 0.29) is 5.16 Å². The lowest BCUT2D eigenvalue weighted by atomic mass is 9.90. The molecule has 2 heteroatoms. The Morgan fingerprint density at radius 3 is 2.00 bits per heavy atom. The molecule has 2 aliphatic rings. The third-order valence-electron chi connectivity index (χ3n) is 3.95. The molecule has 1 saturated heterocycles. The van der Waals surface area contributed by atoms with Crippen LogP contribution in [0, 0.1) is 0 Å². The van der Waals surface area contributed by atoms with Gasteiger partial charge in [-0.1, -0.05) is 26.2 Å². The molecule has 2 fully saturated rings. The predicted octanol–water partition coefficient (Wildman–Crippen LogP) is 3.48. The summed E-state index contributed by atoms with van der Waals surface area (Å²) in [5.74, 6) is 0. The first kappa shape index (κ1) is 8.81. The lowest BCUT2D eigenvalue weighted by molar-refractivity contribution is 0.387. The average Bonchev–Trinajstić information content (AvgIpc) is 2.01. The van der Waals surface area contributed by atoms with Gasteiger partial charge in [-0.15, -0.1) is 0 Å². The fourth-order valence-corrected chi connectivity index (χ4v) is 5.81. The van der Waals surface area contributed by atoms with Crippen molar-refractivity contribution < 1.29 is 4.57 Å². The van der Waals surface area contributed by atoms with Gasteiger partial charge in [-0.3, -0.25) is 0 Å². The molecule has 0 aromatic heterocycles. The van der Waals surface area contributed by atoms with E-state index in [0.717, 1.165) is 12.3 Å². The standard InChI is InChI=1S/C10H19OP/c1-10(6-3-2-4-7-10)12(11)8-5-9-12/h2-9H2,1H3. The molecule has 12 heavy (non-hydrogen) atoms. The zero-order valence-corrected chi connectivity index (χ0v) is 8.91. The van der Waals surface area contributed by atoms with Crippen LogP contribution in [0.5, 0.6) is 0 Å². The molecule has 1 aliphatic carbocycles. The van der Waals surface area contributed by atoms with E-state index in [1.165, 1.54) is 38.5 Å². The summed E-state index contributed by atoms with van der Waals surface area (Å²) in [4.78, 5) is 0. The normalized spacial score (nSPS) is 32.4. The summed E-state index contributed by atoms with van der Waals surface area (Å²) in [6.07, 6.45) is 9.84. The van der Waals surface area contributed by atoms with Crippen LogP contribution in [0.1, 0.15) is 45.4 Å². The molecule has 1 nitrogen and oxygen atoms in total. The Balaban J connectivity index is 2.13. The summed E-state index contributed by atoms with van der Waals surface area (Å²) in [5.41, 5.74) is 0. The highest BCUT2D eigenvalue weighted by Gasteiger charge is 2.47. The second kappa shape index (κ2) is 2.87. The molecule has 0 radical (unpaired) electrons.